The predicted molar refractivity (Wildman–Crippen MR) is 66.9 cm³/mol. The van der Waals surface area contributed by atoms with Crippen molar-refractivity contribution in [3.05, 3.63) is 23.0 Å². The third-order valence-electron chi connectivity index (χ3n) is 2.71. The summed E-state index contributed by atoms with van der Waals surface area (Å²) in [4.78, 5) is 2.34. The normalized spacial score (nSPS) is 24.8. The maximum atomic E-state index is 5.86. The van der Waals surface area contributed by atoms with E-state index in [1.165, 1.54) is 0 Å². The second-order valence-electron chi connectivity index (χ2n) is 5.21. The van der Waals surface area contributed by atoms with Crippen LogP contribution in [0.4, 0.5) is 0 Å². The molecule has 1 saturated heterocycles. The SMILES string of the molecule is CC1CN(Cc2ccc(Cl)nn2)CC(C)(C)O1. The van der Waals surface area contributed by atoms with Crippen LogP contribution in [0.5, 0.6) is 0 Å². The van der Waals surface area contributed by atoms with Gasteiger partial charge in [-0.05, 0) is 32.9 Å². The second kappa shape index (κ2) is 4.88. The Hall–Kier alpha value is -0.710. The topological polar surface area (TPSA) is 38.2 Å². The molecule has 1 unspecified atom stereocenters. The fourth-order valence-electron chi connectivity index (χ4n) is 2.36. The van der Waals surface area contributed by atoms with Crippen LogP contribution in [-0.2, 0) is 11.3 Å². The third kappa shape index (κ3) is 3.63. The van der Waals surface area contributed by atoms with Crippen LogP contribution in [0, 0.1) is 0 Å². The van der Waals surface area contributed by atoms with Crippen LogP contribution in [0.1, 0.15) is 26.5 Å². The van der Waals surface area contributed by atoms with Crippen LogP contribution in [-0.4, -0.2) is 39.9 Å². The highest BCUT2D eigenvalue weighted by atomic mass is 35.5. The van der Waals surface area contributed by atoms with Crippen molar-refractivity contribution in [1.29, 1.82) is 0 Å². The van der Waals surface area contributed by atoms with Gasteiger partial charge in [-0.15, -0.1) is 5.10 Å². The maximum absolute atomic E-state index is 5.86. The van der Waals surface area contributed by atoms with Gasteiger partial charge in [0.15, 0.2) is 5.15 Å². The molecule has 0 bridgehead atoms. The molecule has 1 atom stereocenters. The molecule has 0 saturated carbocycles. The molecular formula is C12H18ClN3O. The second-order valence-corrected chi connectivity index (χ2v) is 5.59. The molecule has 2 rings (SSSR count). The van der Waals surface area contributed by atoms with Gasteiger partial charge in [-0.3, -0.25) is 4.90 Å². The average Bonchev–Trinajstić information content (AvgIpc) is 2.18. The Morgan fingerprint density at radius 3 is 2.82 bits per heavy atom. The molecule has 17 heavy (non-hydrogen) atoms. The Morgan fingerprint density at radius 2 is 2.24 bits per heavy atom. The smallest absolute Gasteiger partial charge is 0.151 e. The molecule has 1 aromatic heterocycles. The van der Waals surface area contributed by atoms with Crippen LogP contribution >= 0.6 is 11.6 Å². The quantitative estimate of drug-likeness (QED) is 0.812. The van der Waals surface area contributed by atoms with Gasteiger partial charge in [-0.25, -0.2) is 0 Å². The Labute approximate surface area is 107 Å². The van der Waals surface area contributed by atoms with Gasteiger partial charge in [0.1, 0.15) is 0 Å². The highest BCUT2D eigenvalue weighted by Crippen LogP contribution is 2.21. The minimum atomic E-state index is -0.0997. The lowest BCUT2D eigenvalue weighted by Crippen LogP contribution is -2.51. The van der Waals surface area contributed by atoms with Gasteiger partial charge < -0.3 is 4.74 Å². The molecule has 1 aliphatic rings. The summed E-state index contributed by atoms with van der Waals surface area (Å²) in [6.45, 7) is 8.95. The number of aromatic nitrogens is 2. The molecule has 1 aliphatic heterocycles. The number of rotatable bonds is 2. The van der Waals surface area contributed by atoms with E-state index in [1.807, 2.05) is 6.07 Å². The molecule has 5 heteroatoms. The first-order valence-corrected chi connectivity index (χ1v) is 6.21. The van der Waals surface area contributed by atoms with Crippen molar-refractivity contribution in [2.45, 2.75) is 39.0 Å². The summed E-state index contributed by atoms with van der Waals surface area (Å²) in [5.41, 5.74) is 0.844. The molecule has 0 radical (unpaired) electrons. The van der Waals surface area contributed by atoms with E-state index in [4.69, 9.17) is 16.3 Å². The van der Waals surface area contributed by atoms with Crippen LogP contribution < -0.4 is 0 Å². The molecule has 2 heterocycles. The first kappa shape index (κ1) is 12.7. The van der Waals surface area contributed by atoms with E-state index in [9.17, 15) is 0 Å². The van der Waals surface area contributed by atoms with Gasteiger partial charge in [0.25, 0.3) is 0 Å². The molecule has 94 valence electrons. The highest BCUT2D eigenvalue weighted by molar-refractivity contribution is 6.29. The Kier molecular flexibility index (Phi) is 3.66. The summed E-state index contributed by atoms with van der Waals surface area (Å²) in [5.74, 6) is 0. The average molecular weight is 256 g/mol. The summed E-state index contributed by atoms with van der Waals surface area (Å²) in [5, 5.41) is 8.37. The molecule has 0 aliphatic carbocycles. The van der Waals surface area contributed by atoms with Crippen molar-refractivity contribution in [2.75, 3.05) is 13.1 Å². The van der Waals surface area contributed by atoms with E-state index >= 15 is 0 Å². The molecule has 1 aromatic rings. The van der Waals surface area contributed by atoms with Crippen LogP contribution in [0.25, 0.3) is 0 Å². The molecular weight excluding hydrogens is 238 g/mol. The van der Waals surface area contributed by atoms with E-state index in [2.05, 4.69) is 35.9 Å². The lowest BCUT2D eigenvalue weighted by molar-refractivity contribution is -0.131. The van der Waals surface area contributed by atoms with Gasteiger partial charge in [0.05, 0.1) is 17.4 Å². The number of morpholine rings is 1. The summed E-state index contributed by atoms with van der Waals surface area (Å²) >= 11 is 5.72. The van der Waals surface area contributed by atoms with E-state index in [0.29, 0.717) is 5.15 Å². The van der Waals surface area contributed by atoms with Gasteiger partial charge in [0.2, 0.25) is 0 Å². The summed E-state index contributed by atoms with van der Waals surface area (Å²) < 4.78 is 5.86. The minimum absolute atomic E-state index is 0.0997. The van der Waals surface area contributed by atoms with E-state index in [1.54, 1.807) is 6.07 Å². The van der Waals surface area contributed by atoms with Crippen molar-refractivity contribution >= 4 is 11.6 Å². The van der Waals surface area contributed by atoms with Crippen molar-refractivity contribution in [3.8, 4) is 0 Å². The van der Waals surface area contributed by atoms with Gasteiger partial charge in [-0.2, -0.15) is 5.10 Å². The van der Waals surface area contributed by atoms with Crippen molar-refractivity contribution < 1.29 is 4.74 Å². The van der Waals surface area contributed by atoms with Gasteiger partial charge in [0, 0.05) is 19.6 Å². The molecule has 0 spiro atoms. The third-order valence-corrected chi connectivity index (χ3v) is 2.91. The zero-order valence-electron chi connectivity index (χ0n) is 10.5. The van der Waals surface area contributed by atoms with Gasteiger partial charge in [-0.1, -0.05) is 11.6 Å². The van der Waals surface area contributed by atoms with Crippen LogP contribution in [0.15, 0.2) is 12.1 Å². The van der Waals surface area contributed by atoms with Crippen LogP contribution in [0.2, 0.25) is 5.15 Å². The van der Waals surface area contributed by atoms with Gasteiger partial charge >= 0.3 is 0 Å². The van der Waals surface area contributed by atoms with E-state index in [-0.39, 0.29) is 11.7 Å². The van der Waals surface area contributed by atoms with E-state index in [0.717, 1.165) is 25.3 Å². The lowest BCUT2D eigenvalue weighted by Gasteiger charge is -2.41. The number of nitrogens with zero attached hydrogens (tertiary/aromatic N) is 3. The number of hydrogen-bond donors (Lipinski definition) is 0. The zero-order chi connectivity index (χ0) is 12.5. The molecule has 0 N–H and O–H groups in total. The fraction of sp³-hybridized carbons (Fsp3) is 0.667. The van der Waals surface area contributed by atoms with Crippen LogP contribution in [0.3, 0.4) is 0 Å². The number of halogens is 1. The van der Waals surface area contributed by atoms with Crippen molar-refractivity contribution in [3.63, 3.8) is 0 Å². The first-order chi connectivity index (χ1) is 7.94. The minimum Gasteiger partial charge on any atom is -0.370 e. The molecule has 0 aromatic carbocycles. The van der Waals surface area contributed by atoms with Crippen molar-refractivity contribution in [1.82, 2.24) is 15.1 Å². The largest absolute Gasteiger partial charge is 0.370 e. The monoisotopic (exact) mass is 255 g/mol. The van der Waals surface area contributed by atoms with Crippen molar-refractivity contribution in [2.24, 2.45) is 0 Å². The summed E-state index contributed by atoms with van der Waals surface area (Å²) in [6, 6.07) is 3.70. The zero-order valence-corrected chi connectivity index (χ0v) is 11.2. The number of ether oxygens (including phenoxy) is 1. The lowest BCUT2D eigenvalue weighted by atomic mass is 10.1. The highest BCUT2D eigenvalue weighted by Gasteiger charge is 2.31. The summed E-state index contributed by atoms with van der Waals surface area (Å²) in [6.07, 6.45) is 0.249. The Bertz CT molecular complexity index is 380. The standard InChI is InChI=1S/C12H18ClN3O/c1-9-6-16(8-12(2,3)17-9)7-10-4-5-11(13)15-14-10/h4-5,9H,6-8H2,1-3H3. The summed E-state index contributed by atoms with van der Waals surface area (Å²) in [7, 11) is 0. The number of hydrogen-bond acceptors (Lipinski definition) is 4. The Balaban J connectivity index is 2.01. The Morgan fingerprint density at radius 1 is 1.47 bits per heavy atom. The first-order valence-electron chi connectivity index (χ1n) is 5.83. The predicted octanol–water partition coefficient (Wildman–Crippen LogP) is 2.13. The maximum Gasteiger partial charge on any atom is 0.151 e. The molecule has 1 fully saturated rings. The molecule has 4 nitrogen and oxygen atoms in total. The fourth-order valence-corrected chi connectivity index (χ4v) is 2.46. The molecule has 0 amide bonds. The van der Waals surface area contributed by atoms with E-state index < -0.39 is 0 Å².